The van der Waals surface area contributed by atoms with E-state index in [0.29, 0.717) is 0 Å². The van der Waals surface area contributed by atoms with E-state index in [1.165, 1.54) is 5.56 Å². The third-order valence-corrected chi connectivity index (χ3v) is 1.41. The summed E-state index contributed by atoms with van der Waals surface area (Å²) in [6.45, 7) is 2.03. The van der Waals surface area contributed by atoms with Crippen LogP contribution in [0.2, 0.25) is 0 Å². The molecule has 0 spiro atoms. The Kier molecular flexibility index (Phi) is 0.704. The summed E-state index contributed by atoms with van der Waals surface area (Å²) in [4.78, 5) is 4.11. The van der Waals surface area contributed by atoms with Gasteiger partial charge in [0, 0.05) is 24.2 Å². The second-order valence-corrected chi connectivity index (χ2v) is 2.08. The van der Waals surface area contributed by atoms with Gasteiger partial charge in [-0.3, -0.25) is 5.10 Å². The average molecular weight is 121 g/mol. The quantitative estimate of drug-likeness (QED) is 0.553. The molecule has 0 saturated carbocycles. The maximum absolute atomic E-state index is 4.11. The Morgan fingerprint density at radius 2 is 2.56 bits per heavy atom. The summed E-state index contributed by atoms with van der Waals surface area (Å²) in [5, 5.41) is 3.02. The van der Waals surface area contributed by atoms with Crippen LogP contribution < -0.4 is 0 Å². The summed E-state index contributed by atoms with van der Waals surface area (Å²) in [6.07, 6.45) is 5.60. The van der Waals surface area contributed by atoms with Crippen LogP contribution >= 0.6 is 0 Å². The smallest absolute Gasteiger partial charge is 0.155 e. The SMILES string of the molecule is Cc1c[nH]n2ccnc12. The summed E-state index contributed by atoms with van der Waals surface area (Å²) < 4.78 is 1.88. The van der Waals surface area contributed by atoms with Crippen molar-refractivity contribution in [3.05, 3.63) is 24.2 Å². The third kappa shape index (κ3) is 0.483. The van der Waals surface area contributed by atoms with E-state index in [-0.39, 0.29) is 0 Å². The van der Waals surface area contributed by atoms with Gasteiger partial charge in [-0.05, 0) is 6.92 Å². The fourth-order valence-corrected chi connectivity index (χ4v) is 0.930. The first kappa shape index (κ1) is 4.61. The van der Waals surface area contributed by atoms with Crippen molar-refractivity contribution in [2.75, 3.05) is 0 Å². The second kappa shape index (κ2) is 1.37. The molecule has 0 amide bonds. The molecule has 0 atom stereocenters. The van der Waals surface area contributed by atoms with Crippen LogP contribution in [0.3, 0.4) is 0 Å². The van der Waals surface area contributed by atoms with E-state index in [9.17, 15) is 0 Å². The van der Waals surface area contributed by atoms with Crippen molar-refractivity contribution in [2.24, 2.45) is 0 Å². The molecule has 2 heterocycles. The van der Waals surface area contributed by atoms with E-state index in [0.717, 1.165) is 5.65 Å². The lowest BCUT2D eigenvalue weighted by Crippen LogP contribution is -1.76. The Hall–Kier alpha value is -1.25. The van der Waals surface area contributed by atoms with Crippen molar-refractivity contribution >= 4 is 5.65 Å². The van der Waals surface area contributed by atoms with Crippen molar-refractivity contribution in [3.63, 3.8) is 0 Å². The van der Waals surface area contributed by atoms with Crippen molar-refractivity contribution in [1.29, 1.82) is 0 Å². The predicted molar refractivity (Wildman–Crippen MR) is 34.3 cm³/mol. The zero-order chi connectivity index (χ0) is 6.27. The van der Waals surface area contributed by atoms with Gasteiger partial charge in [-0.25, -0.2) is 9.50 Å². The van der Waals surface area contributed by atoms with Crippen molar-refractivity contribution < 1.29 is 0 Å². The first-order valence-electron chi connectivity index (χ1n) is 2.85. The number of hydrogen-bond donors (Lipinski definition) is 1. The molecule has 0 saturated heterocycles. The summed E-state index contributed by atoms with van der Waals surface area (Å²) in [5.41, 5.74) is 2.19. The molecular formula is C6H7N3. The van der Waals surface area contributed by atoms with Crippen LogP contribution in [0.25, 0.3) is 5.65 Å². The van der Waals surface area contributed by atoms with Crippen molar-refractivity contribution in [2.45, 2.75) is 6.92 Å². The molecule has 0 aromatic carbocycles. The fraction of sp³-hybridized carbons (Fsp3) is 0.167. The molecule has 9 heavy (non-hydrogen) atoms. The molecule has 0 fully saturated rings. The molecule has 0 aliphatic carbocycles. The Bertz CT molecular complexity index is 317. The van der Waals surface area contributed by atoms with Gasteiger partial charge in [-0.2, -0.15) is 0 Å². The number of imidazole rings is 1. The lowest BCUT2D eigenvalue weighted by molar-refractivity contribution is 0.973. The van der Waals surface area contributed by atoms with Crippen LogP contribution in [0.1, 0.15) is 5.56 Å². The Balaban J connectivity index is 2.99. The van der Waals surface area contributed by atoms with E-state index in [1.54, 1.807) is 6.20 Å². The third-order valence-electron chi connectivity index (χ3n) is 1.41. The highest BCUT2D eigenvalue weighted by Crippen LogP contribution is 2.03. The van der Waals surface area contributed by atoms with Gasteiger partial charge < -0.3 is 0 Å². The van der Waals surface area contributed by atoms with Crippen molar-refractivity contribution in [1.82, 2.24) is 14.6 Å². The van der Waals surface area contributed by atoms with Gasteiger partial charge in [0.15, 0.2) is 5.65 Å². The topological polar surface area (TPSA) is 33.1 Å². The molecular weight excluding hydrogens is 114 g/mol. The summed E-state index contributed by atoms with van der Waals surface area (Å²) in [5.74, 6) is 0. The van der Waals surface area contributed by atoms with Crippen LogP contribution in [0, 0.1) is 6.92 Å². The Morgan fingerprint density at radius 1 is 1.67 bits per heavy atom. The van der Waals surface area contributed by atoms with Gasteiger partial charge in [-0.15, -0.1) is 0 Å². The minimum Gasteiger partial charge on any atom is -0.300 e. The summed E-state index contributed by atoms with van der Waals surface area (Å²) in [7, 11) is 0. The summed E-state index contributed by atoms with van der Waals surface area (Å²) in [6, 6.07) is 0. The maximum atomic E-state index is 4.11. The van der Waals surface area contributed by atoms with Crippen LogP contribution in [-0.2, 0) is 0 Å². The van der Waals surface area contributed by atoms with Gasteiger partial charge in [0.1, 0.15) is 0 Å². The van der Waals surface area contributed by atoms with Crippen LogP contribution in [0.4, 0.5) is 0 Å². The van der Waals surface area contributed by atoms with Gasteiger partial charge in [0.25, 0.3) is 0 Å². The predicted octanol–water partition coefficient (Wildman–Crippen LogP) is 0.971. The molecule has 2 aromatic heterocycles. The fourth-order valence-electron chi connectivity index (χ4n) is 0.930. The zero-order valence-corrected chi connectivity index (χ0v) is 5.13. The van der Waals surface area contributed by atoms with Gasteiger partial charge in [-0.1, -0.05) is 0 Å². The molecule has 46 valence electrons. The largest absolute Gasteiger partial charge is 0.300 e. The number of aryl methyl sites for hydroxylation is 1. The van der Waals surface area contributed by atoms with Crippen LogP contribution in [0.15, 0.2) is 18.6 Å². The standard InChI is InChI=1S/C6H7N3/c1-5-4-8-9-3-2-7-6(5)9/h2-4,8H,1H3. The number of nitrogens with zero attached hydrogens (tertiary/aromatic N) is 2. The average Bonchev–Trinajstić information content (AvgIpc) is 2.35. The van der Waals surface area contributed by atoms with Gasteiger partial charge >= 0.3 is 0 Å². The summed E-state index contributed by atoms with van der Waals surface area (Å²) >= 11 is 0. The van der Waals surface area contributed by atoms with Gasteiger partial charge in [0.05, 0.1) is 0 Å². The van der Waals surface area contributed by atoms with E-state index in [2.05, 4.69) is 10.1 Å². The number of fused-ring (bicyclic) bond motifs is 1. The minimum absolute atomic E-state index is 1.01. The number of aromatic nitrogens is 3. The molecule has 2 aromatic rings. The molecule has 1 N–H and O–H groups in total. The molecule has 0 bridgehead atoms. The van der Waals surface area contributed by atoms with E-state index in [4.69, 9.17) is 0 Å². The maximum Gasteiger partial charge on any atom is 0.155 e. The number of hydrogen-bond acceptors (Lipinski definition) is 1. The number of nitrogens with one attached hydrogen (secondary N) is 1. The highest BCUT2D eigenvalue weighted by molar-refractivity contribution is 5.44. The molecule has 0 radical (unpaired) electrons. The van der Waals surface area contributed by atoms with Crippen LogP contribution in [0.5, 0.6) is 0 Å². The van der Waals surface area contributed by atoms with E-state index >= 15 is 0 Å². The highest BCUT2D eigenvalue weighted by Gasteiger charge is 1.95. The molecule has 0 aliphatic heterocycles. The Morgan fingerprint density at radius 3 is 3.33 bits per heavy atom. The molecule has 0 unspecified atom stereocenters. The molecule has 3 heteroatoms. The van der Waals surface area contributed by atoms with Gasteiger partial charge in [0.2, 0.25) is 0 Å². The zero-order valence-electron chi connectivity index (χ0n) is 5.13. The van der Waals surface area contributed by atoms with E-state index < -0.39 is 0 Å². The van der Waals surface area contributed by atoms with Crippen LogP contribution in [-0.4, -0.2) is 14.6 Å². The second-order valence-electron chi connectivity index (χ2n) is 2.08. The normalized spacial score (nSPS) is 10.8. The Labute approximate surface area is 52.3 Å². The first-order valence-corrected chi connectivity index (χ1v) is 2.85. The number of H-pyrrole nitrogens is 1. The van der Waals surface area contributed by atoms with Crippen molar-refractivity contribution in [3.8, 4) is 0 Å². The lowest BCUT2D eigenvalue weighted by Gasteiger charge is -1.77. The lowest BCUT2D eigenvalue weighted by atomic mass is 10.4. The minimum atomic E-state index is 1.01. The number of rotatable bonds is 0. The molecule has 2 rings (SSSR count). The first-order chi connectivity index (χ1) is 4.38. The highest BCUT2D eigenvalue weighted by atomic mass is 15.2. The molecule has 0 aliphatic rings. The molecule has 3 nitrogen and oxygen atoms in total. The van der Waals surface area contributed by atoms with E-state index in [1.807, 2.05) is 23.8 Å². The number of aromatic amines is 1. The monoisotopic (exact) mass is 121 g/mol.